The number of carbonyl (C=O) groups excluding carboxylic acids is 1. The lowest BCUT2D eigenvalue weighted by atomic mass is 10.2. The third-order valence-electron chi connectivity index (χ3n) is 2.17. The van der Waals surface area contributed by atoms with E-state index in [2.05, 4.69) is 10.0 Å². The first-order chi connectivity index (χ1) is 8.31. The number of nitrogens with one attached hydrogen (secondary N) is 2. The van der Waals surface area contributed by atoms with E-state index in [1.165, 1.54) is 19.1 Å². The Morgan fingerprint density at radius 1 is 1.22 bits per heavy atom. The largest absolute Gasteiger partial charge is 0.326 e. The van der Waals surface area contributed by atoms with Crippen LogP contribution in [0.3, 0.4) is 0 Å². The van der Waals surface area contributed by atoms with Gasteiger partial charge in [-0.05, 0) is 30.2 Å². The van der Waals surface area contributed by atoms with Gasteiger partial charge in [-0.2, -0.15) is 0 Å². The lowest BCUT2D eigenvalue weighted by Gasteiger charge is -2.09. The second-order valence-electron chi connectivity index (χ2n) is 4.45. The van der Waals surface area contributed by atoms with Gasteiger partial charge in [-0.15, -0.1) is 0 Å². The van der Waals surface area contributed by atoms with Crippen molar-refractivity contribution >= 4 is 21.6 Å². The topological polar surface area (TPSA) is 75.3 Å². The summed E-state index contributed by atoms with van der Waals surface area (Å²) in [6, 6.07) is 6.05. The first-order valence-corrected chi connectivity index (χ1v) is 7.17. The summed E-state index contributed by atoms with van der Waals surface area (Å²) in [7, 11) is -3.46. The molecule has 0 saturated carbocycles. The maximum Gasteiger partial charge on any atom is 0.240 e. The molecule has 0 aliphatic carbocycles. The molecule has 1 aromatic rings. The third kappa shape index (κ3) is 4.46. The van der Waals surface area contributed by atoms with Gasteiger partial charge < -0.3 is 5.32 Å². The van der Waals surface area contributed by atoms with Crippen LogP contribution in [0, 0.1) is 5.92 Å². The van der Waals surface area contributed by atoms with E-state index in [4.69, 9.17) is 0 Å². The molecule has 0 spiro atoms. The Bertz CT molecular complexity index is 507. The summed E-state index contributed by atoms with van der Waals surface area (Å²) in [6.07, 6.45) is 0. The second-order valence-corrected chi connectivity index (χ2v) is 6.22. The standard InChI is InChI=1S/C12H18N2O3S/c1-9(2)8-13-18(16,17)12-6-4-11(5-7-12)14-10(3)15/h4-7,9,13H,8H2,1-3H3,(H,14,15). The molecule has 0 fully saturated rings. The second kappa shape index (κ2) is 5.97. The van der Waals surface area contributed by atoms with Gasteiger partial charge in [-0.1, -0.05) is 13.8 Å². The van der Waals surface area contributed by atoms with E-state index >= 15 is 0 Å². The van der Waals surface area contributed by atoms with Crippen LogP contribution in [0.4, 0.5) is 5.69 Å². The van der Waals surface area contributed by atoms with Crippen LogP contribution >= 0.6 is 0 Å². The van der Waals surface area contributed by atoms with Gasteiger partial charge in [0.05, 0.1) is 4.90 Å². The summed E-state index contributed by atoms with van der Waals surface area (Å²) in [4.78, 5) is 11.0. The first-order valence-electron chi connectivity index (χ1n) is 5.68. The molecule has 0 saturated heterocycles. The average Bonchev–Trinajstić information content (AvgIpc) is 2.26. The van der Waals surface area contributed by atoms with E-state index in [9.17, 15) is 13.2 Å². The van der Waals surface area contributed by atoms with E-state index in [-0.39, 0.29) is 16.7 Å². The van der Waals surface area contributed by atoms with Gasteiger partial charge in [-0.25, -0.2) is 13.1 Å². The van der Waals surface area contributed by atoms with E-state index < -0.39 is 10.0 Å². The zero-order chi connectivity index (χ0) is 13.8. The minimum absolute atomic E-state index is 0.191. The number of hydrogen-bond acceptors (Lipinski definition) is 3. The predicted octanol–water partition coefficient (Wildman–Crippen LogP) is 1.58. The van der Waals surface area contributed by atoms with Crippen LogP contribution in [0.1, 0.15) is 20.8 Å². The smallest absolute Gasteiger partial charge is 0.240 e. The Morgan fingerprint density at radius 2 is 1.78 bits per heavy atom. The van der Waals surface area contributed by atoms with E-state index in [0.717, 1.165) is 0 Å². The highest BCUT2D eigenvalue weighted by Gasteiger charge is 2.13. The van der Waals surface area contributed by atoms with Crippen molar-refractivity contribution in [1.29, 1.82) is 0 Å². The molecule has 6 heteroatoms. The van der Waals surface area contributed by atoms with Crippen LogP contribution in [0.25, 0.3) is 0 Å². The van der Waals surface area contributed by atoms with Gasteiger partial charge in [0.2, 0.25) is 15.9 Å². The molecule has 100 valence electrons. The number of benzene rings is 1. The zero-order valence-corrected chi connectivity index (χ0v) is 11.5. The Hall–Kier alpha value is -1.40. The molecule has 18 heavy (non-hydrogen) atoms. The fourth-order valence-electron chi connectivity index (χ4n) is 1.28. The molecule has 0 aliphatic rings. The molecule has 1 amide bonds. The van der Waals surface area contributed by atoms with Crippen LogP contribution in [0.15, 0.2) is 29.2 Å². The number of sulfonamides is 1. The van der Waals surface area contributed by atoms with Crippen molar-refractivity contribution in [3.63, 3.8) is 0 Å². The average molecular weight is 270 g/mol. The molecule has 0 unspecified atom stereocenters. The molecule has 0 radical (unpaired) electrons. The van der Waals surface area contributed by atoms with Gasteiger partial charge >= 0.3 is 0 Å². The van der Waals surface area contributed by atoms with Crippen LogP contribution in [-0.4, -0.2) is 20.9 Å². The van der Waals surface area contributed by atoms with Gasteiger partial charge in [-0.3, -0.25) is 4.79 Å². The number of rotatable bonds is 5. The minimum Gasteiger partial charge on any atom is -0.326 e. The quantitative estimate of drug-likeness (QED) is 0.853. The highest BCUT2D eigenvalue weighted by molar-refractivity contribution is 7.89. The van der Waals surface area contributed by atoms with Gasteiger partial charge in [0.15, 0.2) is 0 Å². The Kier molecular flexibility index (Phi) is 4.86. The van der Waals surface area contributed by atoms with Crippen molar-refractivity contribution in [1.82, 2.24) is 4.72 Å². The summed E-state index contributed by atoms with van der Waals surface area (Å²) in [5.74, 6) is 0.0574. The SMILES string of the molecule is CC(=O)Nc1ccc(S(=O)(=O)NCC(C)C)cc1. The molecule has 0 heterocycles. The van der Waals surface area contributed by atoms with Gasteiger partial charge in [0.25, 0.3) is 0 Å². The van der Waals surface area contributed by atoms with Crippen molar-refractivity contribution in [3.05, 3.63) is 24.3 Å². The van der Waals surface area contributed by atoms with E-state index in [1.807, 2.05) is 13.8 Å². The monoisotopic (exact) mass is 270 g/mol. The summed E-state index contributed by atoms with van der Waals surface area (Å²) in [5.41, 5.74) is 0.574. The summed E-state index contributed by atoms with van der Waals surface area (Å²) >= 11 is 0. The zero-order valence-electron chi connectivity index (χ0n) is 10.7. The lowest BCUT2D eigenvalue weighted by Crippen LogP contribution is -2.27. The summed E-state index contributed by atoms with van der Waals surface area (Å²) in [6.45, 7) is 5.66. The maximum atomic E-state index is 11.9. The fraction of sp³-hybridized carbons (Fsp3) is 0.417. The predicted molar refractivity (Wildman–Crippen MR) is 70.8 cm³/mol. The Morgan fingerprint density at radius 3 is 2.22 bits per heavy atom. The highest BCUT2D eigenvalue weighted by Crippen LogP contribution is 2.14. The normalized spacial score (nSPS) is 11.6. The van der Waals surface area contributed by atoms with Crippen LogP contribution in [-0.2, 0) is 14.8 Å². The maximum absolute atomic E-state index is 11.9. The Labute approximate surface area is 108 Å². The Balaban J connectivity index is 2.81. The third-order valence-corrected chi connectivity index (χ3v) is 3.61. The molecule has 0 bridgehead atoms. The molecular formula is C12H18N2O3S. The molecular weight excluding hydrogens is 252 g/mol. The van der Waals surface area contributed by atoms with Crippen molar-refractivity contribution < 1.29 is 13.2 Å². The molecule has 1 rings (SSSR count). The minimum atomic E-state index is -3.46. The highest BCUT2D eigenvalue weighted by atomic mass is 32.2. The summed E-state index contributed by atoms with van der Waals surface area (Å²) in [5, 5.41) is 2.58. The van der Waals surface area contributed by atoms with E-state index in [0.29, 0.717) is 12.2 Å². The first kappa shape index (κ1) is 14.7. The van der Waals surface area contributed by atoms with Crippen LogP contribution in [0.5, 0.6) is 0 Å². The molecule has 0 atom stereocenters. The van der Waals surface area contributed by atoms with Gasteiger partial charge in [0, 0.05) is 19.2 Å². The lowest BCUT2D eigenvalue weighted by molar-refractivity contribution is -0.114. The molecule has 2 N–H and O–H groups in total. The van der Waals surface area contributed by atoms with Crippen molar-refractivity contribution in [2.24, 2.45) is 5.92 Å². The molecule has 0 aliphatic heterocycles. The van der Waals surface area contributed by atoms with Crippen molar-refractivity contribution in [3.8, 4) is 0 Å². The summed E-state index contributed by atoms with van der Waals surface area (Å²) < 4.78 is 26.3. The van der Waals surface area contributed by atoms with E-state index in [1.54, 1.807) is 12.1 Å². The van der Waals surface area contributed by atoms with Crippen molar-refractivity contribution in [2.45, 2.75) is 25.7 Å². The van der Waals surface area contributed by atoms with Crippen molar-refractivity contribution in [2.75, 3.05) is 11.9 Å². The number of amides is 1. The fourth-order valence-corrected chi connectivity index (χ4v) is 2.49. The number of anilines is 1. The van der Waals surface area contributed by atoms with Crippen LogP contribution < -0.4 is 10.0 Å². The molecule has 1 aromatic carbocycles. The number of carbonyl (C=O) groups is 1. The van der Waals surface area contributed by atoms with Gasteiger partial charge in [0.1, 0.15) is 0 Å². The molecule has 5 nitrogen and oxygen atoms in total. The number of hydrogen-bond donors (Lipinski definition) is 2. The van der Waals surface area contributed by atoms with Crippen LogP contribution in [0.2, 0.25) is 0 Å². The molecule has 0 aromatic heterocycles.